The summed E-state index contributed by atoms with van der Waals surface area (Å²) in [4.78, 5) is 9.70. The van der Waals surface area contributed by atoms with Gasteiger partial charge in [-0.3, -0.25) is 0 Å². The summed E-state index contributed by atoms with van der Waals surface area (Å²) in [7, 11) is 0. The lowest BCUT2D eigenvalue weighted by atomic mass is 9.83. The Hall–Kier alpha value is -4.72. The quantitative estimate of drug-likeness (QED) is 0.0946. The topological polar surface area (TPSA) is 144 Å². The summed E-state index contributed by atoms with van der Waals surface area (Å²) in [5, 5.41) is 36.8. The summed E-state index contributed by atoms with van der Waals surface area (Å²) in [6.07, 6.45) is 17.6. The average Bonchev–Trinajstić information content (AvgIpc) is 3.95. The zero-order valence-electron chi connectivity index (χ0n) is 28.3. The standard InChI is InChI=1S/C38H40N10OS2/c1-5-25(13-15-35-39-33(23-50-35)27-7-3-8-27)21-29(11-1)31(37-41-45-46-42-37)17-19-49-20-18-32(38-43-47-48-44-38)30-12-2-6-26(22-30)14-16-36-40-34(24-51-36)28-9-4-10-28/h1-2,5-6,11-16,21-24,27-28,31-32H,3-4,7-10,17-20H2,(H,41,42,45,46)(H,43,44,47,48). The Morgan fingerprint density at radius 1 is 0.667 bits per heavy atom. The molecule has 4 aromatic heterocycles. The molecule has 4 heterocycles. The van der Waals surface area contributed by atoms with Gasteiger partial charge < -0.3 is 4.74 Å². The molecule has 8 rings (SSSR count). The van der Waals surface area contributed by atoms with E-state index in [4.69, 9.17) is 14.7 Å². The highest BCUT2D eigenvalue weighted by atomic mass is 32.1. The van der Waals surface area contributed by atoms with E-state index in [1.54, 1.807) is 22.7 Å². The van der Waals surface area contributed by atoms with E-state index in [1.165, 1.54) is 49.9 Å². The third-order valence-corrected chi connectivity index (χ3v) is 11.7. The van der Waals surface area contributed by atoms with E-state index in [2.05, 4.69) is 125 Å². The van der Waals surface area contributed by atoms with E-state index >= 15 is 0 Å². The second-order valence-corrected chi connectivity index (χ2v) is 15.1. The summed E-state index contributed by atoms with van der Waals surface area (Å²) in [6, 6.07) is 17.0. The van der Waals surface area contributed by atoms with Crippen LogP contribution in [-0.4, -0.2) is 64.4 Å². The fraction of sp³-hybridized carbons (Fsp3) is 0.368. The highest BCUT2D eigenvalue weighted by molar-refractivity contribution is 7.10. The molecule has 0 saturated heterocycles. The van der Waals surface area contributed by atoms with Crippen molar-refractivity contribution in [3.63, 3.8) is 0 Å². The first-order valence-electron chi connectivity index (χ1n) is 17.8. The molecule has 51 heavy (non-hydrogen) atoms. The molecular weight excluding hydrogens is 677 g/mol. The Bertz CT molecular complexity index is 1900. The third-order valence-electron chi connectivity index (χ3n) is 10.0. The van der Waals surface area contributed by atoms with Crippen LogP contribution < -0.4 is 0 Å². The predicted molar refractivity (Wildman–Crippen MR) is 200 cm³/mol. The van der Waals surface area contributed by atoms with Gasteiger partial charge in [-0.2, -0.15) is 10.4 Å². The van der Waals surface area contributed by atoms with Gasteiger partial charge in [-0.25, -0.2) is 9.97 Å². The zero-order chi connectivity index (χ0) is 34.2. The molecule has 260 valence electrons. The summed E-state index contributed by atoms with van der Waals surface area (Å²) >= 11 is 3.42. The lowest BCUT2D eigenvalue weighted by molar-refractivity contribution is 0.123. The fourth-order valence-electron chi connectivity index (χ4n) is 6.66. The molecule has 0 radical (unpaired) electrons. The SMILES string of the molecule is C(=Cc1nc(C2CCC2)cs1)c1cccc(C(CCOCCC(c2cccc(C=Cc3nc(C4CCC4)cs3)c2)c2nn[nH]n2)c2nn[nH]n2)c1. The molecule has 6 aromatic rings. The second-order valence-electron chi connectivity index (χ2n) is 13.3. The molecule has 13 heteroatoms. The lowest BCUT2D eigenvalue weighted by Crippen LogP contribution is -2.11. The van der Waals surface area contributed by atoms with Gasteiger partial charge in [0.05, 0.1) is 23.2 Å². The summed E-state index contributed by atoms with van der Waals surface area (Å²) < 4.78 is 6.26. The highest BCUT2D eigenvalue weighted by Crippen LogP contribution is 2.38. The van der Waals surface area contributed by atoms with Gasteiger partial charge >= 0.3 is 0 Å². The molecule has 2 aliphatic rings. The van der Waals surface area contributed by atoms with Gasteiger partial charge in [0.15, 0.2) is 11.6 Å². The van der Waals surface area contributed by atoms with E-state index in [1.807, 2.05) is 0 Å². The van der Waals surface area contributed by atoms with E-state index < -0.39 is 0 Å². The van der Waals surface area contributed by atoms with Crippen LogP contribution in [0.4, 0.5) is 0 Å². The molecule has 0 bridgehead atoms. The number of hydrogen-bond donors (Lipinski definition) is 2. The average molecular weight is 717 g/mol. The Morgan fingerprint density at radius 2 is 1.16 bits per heavy atom. The van der Waals surface area contributed by atoms with Crippen LogP contribution in [0.25, 0.3) is 24.3 Å². The number of thiazole rings is 2. The fourth-order valence-corrected chi connectivity index (χ4v) is 8.24. The van der Waals surface area contributed by atoms with Gasteiger partial charge in [0.1, 0.15) is 10.0 Å². The molecule has 2 saturated carbocycles. The maximum atomic E-state index is 6.26. The van der Waals surface area contributed by atoms with Crippen molar-refractivity contribution in [3.8, 4) is 0 Å². The van der Waals surface area contributed by atoms with Crippen LogP contribution in [-0.2, 0) is 4.74 Å². The smallest absolute Gasteiger partial charge is 0.182 e. The highest BCUT2D eigenvalue weighted by Gasteiger charge is 2.24. The van der Waals surface area contributed by atoms with E-state index in [0.717, 1.165) is 32.3 Å². The minimum atomic E-state index is -0.0683. The summed E-state index contributed by atoms with van der Waals surface area (Å²) in [6.45, 7) is 1.06. The van der Waals surface area contributed by atoms with Crippen LogP contribution in [0.5, 0.6) is 0 Å². The number of tetrazole rings is 2. The van der Waals surface area contributed by atoms with E-state index in [0.29, 0.717) is 49.5 Å². The number of ether oxygens (including phenoxy) is 1. The van der Waals surface area contributed by atoms with E-state index in [9.17, 15) is 0 Å². The number of rotatable bonds is 16. The van der Waals surface area contributed by atoms with Crippen molar-refractivity contribution < 1.29 is 4.74 Å². The predicted octanol–water partition coefficient (Wildman–Crippen LogP) is 8.26. The van der Waals surface area contributed by atoms with Crippen LogP contribution >= 0.6 is 22.7 Å². The minimum Gasteiger partial charge on any atom is -0.381 e. The van der Waals surface area contributed by atoms with Gasteiger partial charge in [-0.1, -0.05) is 84.0 Å². The Labute approximate surface area is 304 Å². The van der Waals surface area contributed by atoms with Crippen LogP contribution in [0.1, 0.15) is 130 Å². The summed E-state index contributed by atoms with van der Waals surface area (Å²) in [5.74, 6) is 2.45. The van der Waals surface area contributed by atoms with Gasteiger partial charge in [0, 0.05) is 35.8 Å². The first-order valence-corrected chi connectivity index (χ1v) is 19.5. The molecule has 0 amide bonds. The second kappa shape index (κ2) is 16.1. The number of nitrogens with zero attached hydrogens (tertiary/aromatic N) is 8. The maximum Gasteiger partial charge on any atom is 0.182 e. The lowest BCUT2D eigenvalue weighted by Gasteiger charge is -2.22. The van der Waals surface area contributed by atoms with Gasteiger partial charge in [0.2, 0.25) is 0 Å². The van der Waals surface area contributed by atoms with Crippen LogP contribution in [0.2, 0.25) is 0 Å². The molecular formula is C38H40N10OS2. The van der Waals surface area contributed by atoms with Gasteiger partial charge in [-0.05, 0) is 72.9 Å². The zero-order valence-corrected chi connectivity index (χ0v) is 29.9. The first-order chi connectivity index (χ1) is 25.2. The van der Waals surface area contributed by atoms with Crippen LogP contribution in [0, 0.1) is 0 Å². The Kier molecular flexibility index (Phi) is 10.5. The molecule has 2 fully saturated rings. The van der Waals surface area contributed by atoms with Crippen LogP contribution in [0.15, 0.2) is 59.3 Å². The number of nitrogens with one attached hydrogen (secondary N) is 2. The minimum absolute atomic E-state index is 0.0683. The van der Waals surface area contributed by atoms with Crippen molar-refractivity contribution >= 4 is 47.0 Å². The monoisotopic (exact) mass is 716 g/mol. The Balaban J connectivity index is 0.893. The Morgan fingerprint density at radius 3 is 1.57 bits per heavy atom. The number of aromatic amines is 2. The first kappa shape index (κ1) is 33.4. The normalized spacial score (nSPS) is 16.5. The number of H-pyrrole nitrogens is 2. The van der Waals surface area contributed by atoms with Crippen molar-refractivity contribution in [2.45, 2.75) is 75.0 Å². The van der Waals surface area contributed by atoms with Crippen LogP contribution in [0.3, 0.4) is 0 Å². The van der Waals surface area contributed by atoms with Crippen molar-refractivity contribution in [2.75, 3.05) is 13.2 Å². The molecule has 0 aliphatic heterocycles. The molecule has 2 aliphatic carbocycles. The van der Waals surface area contributed by atoms with Crippen molar-refractivity contribution in [1.82, 2.24) is 51.2 Å². The molecule has 0 spiro atoms. The number of benzene rings is 2. The molecule has 2 aromatic carbocycles. The van der Waals surface area contributed by atoms with E-state index in [-0.39, 0.29) is 11.8 Å². The van der Waals surface area contributed by atoms with Crippen molar-refractivity contribution in [1.29, 1.82) is 0 Å². The largest absolute Gasteiger partial charge is 0.381 e. The molecule has 2 unspecified atom stereocenters. The number of aromatic nitrogens is 10. The summed E-state index contributed by atoms with van der Waals surface area (Å²) in [5.41, 5.74) is 6.92. The molecule has 2 atom stereocenters. The molecule has 2 N–H and O–H groups in total. The number of hydrogen-bond acceptors (Lipinski definition) is 11. The third kappa shape index (κ3) is 8.27. The van der Waals surface area contributed by atoms with Gasteiger partial charge in [0.25, 0.3) is 0 Å². The molecule has 11 nitrogen and oxygen atoms in total. The van der Waals surface area contributed by atoms with Gasteiger partial charge in [-0.15, -0.1) is 43.1 Å². The van der Waals surface area contributed by atoms with Crippen molar-refractivity contribution in [3.05, 3.63) is 115 Å². The maximum absolute atomic E-state index is 6.26. The van der Waals surface area contributed by atoms with Crippen molar-refractivity contribution in [2.24, 2.45) is 0 Å².